The molecule has 0 aliphatic heterocycles. The second-order valence-electron chi connectivity index (χ2n) is 7.21. The molecular weight excluding hydrogens is 272 g/mol. The van der Waals surface area contributed by atoms with Crippen LogP contribution in [0.15, 0.2) is 30.3 Å². The molecule has 0 radical (unpaired) electrons. The lowest BCUT2D eigenvalue weighted by atomic mass is 9.48. The summed E-state index contributed by atoms with van der Waals surface area (Å²) in [7, 11) is 0. The van der Waals surface area contributed by atoms with Crippen LogP contribution in [0.25, 0.3) is 11.4 Å². The highest BCUT2D eigenvalue weighted by Gasteiger charge is 2.52. The van der Waals surface area contributed by atoms with Gasteiger partial charge >= 0.3 is 0 Å². The zero-order valence-electron chi connectivity index (χ0n) is 13.3. The molecule has 3 aliphatic rings. The van der Waals surface area contributed by atoms with Gasteiger partial charge in [-0.05, 0) is 53.9 Å². The van der Waals surface area contributed by atoms with E-state index in [1.807, 2.05) is 12.1 Å². The topological polar surface area (TPSA) is 42.9 Å². The molecule has 0 aromatic carbocycles. The van der Waals surface area contributed by atoms with Gasteiger partial charge in [0.1, 0.15) is 5.69 Å². The molecule has 22 heavy (non-hydrogen) atoms. The summed E-state index contributed by atoms with van der Waals surface area (Å²) in [6, 6.07) is 9.83. The van der Waals surface area contributed by atoms with E-state index in [2.05, 4.69) is 31.0 Å². The van der Waals surface area contributed by atoms with Crippen molar-refractivity contribution in [1.29, 1.82) is 0 Å². The Hall–Kier alpha value is -2.03. The maximum Gasteiger partial charge on any atom is 0.178 e. The first-order valence-corrected chi connectivity index (χ1v) is 7.95. The Morgan fingerprint density at radius 3 is 2.64 bits per heavy atom. The number of hydrogen-bond acceptors (Lipinski definition) is 3. The van der Waals surface area contributed by atoms with Crippen molar-refractivity contribution in [2.24, 2.45) is 11.3 Å². The van der Waals surface area contributed by atoms with E-state index >= 15 is 0 Å². The Morgan fingerprint density at radius 1 is 1.14 bits per heavy atom. The van der Waals surface area contributed by atoms with Gasteiger partial charge in [-0.3, -0.25) is 9.78 Å². The lowest BCUT2D eigenvalue weighted by Crippen LogP contribution is -2.48. The normalized spacial score (nSPS) is 24.3. The molecule has 2 aromatic rings. The summed E-state index contributed by atoms with van der Waals surface area (Å²) in [6.07, 6.45) is 2.37. The second kappa shape index (κ2) is 4.48. The summed E-state index contributed by atoms with van der Waals surface area (Å²) in [6.45, 7) is 6.29. The van der Waals surface area contributed by atoms with Gasteiger partial charge in [-0.2, -0.15) is 0 Å². The Morgan fingerprint density at radius 2 is 1.91 bits per heavy atom. The summed E-state index contributed by atoms with van der Waals surface area (Å²) < 4.78 is 0. The average molecular weight is 292 g/mol. The molecule has 0 saturated heterocycles. The standard InChI is InChI=1S/C19H20N2O/c1-11(22)15-5-4-6-16(20-15)17-8-7-13-14-9-12(19(14,2)3)10-18(13)21-17/h4-8,12,14H,9-10H2,1-3H3/t12-,14+/m1/s1. The molecule has 3 heteroatoms. The first-order valence-electron chi connectivity index (χ1n) is 7.95. The zero-order valence-corrected chi connectivity index (χ0v) is 13.3. The van der Waals surface area contributed by atoms with Crippen LogP contribution in [0.2, 0.25) is 0 Å². The van der Waals surface area contributed by atoms with E-state index in [4.69, 9.17) is 4.98 Å². The first kappa shape index (κ1) is 13.6. The molecule has 112 valence electrons. The van der Waals surface area contributed by atoms with Gasteiger partial charge in [-0.15, -0.1) is 0 Å². The quantitative estimate of drug-likeness (QED) is 0.785. The summed E-state index contributed by atoms with van der Waals surface area (Å²) in [5.74, 6) is 1.39. The Balaban J connectivity index is 1.74. The van der Waals surface area contributed by atoms with Gasteiger partial charge < -0.3 is 0 Å². The van der Waals surface area contributed by atoms with E-state index < -0.39 is 0 Å². The van der Waals surface area contributed by atoms with E-state index in [-0.39, 0.29) is 5.78 Å². The van der Waals surface area contributed by atoms with Crippen molar-refractivity contribution >= 4 is 5.78 Å². The van der Waals surface area contributed by atoms with Gasteiger partial charge in [0, 0.05) is 12.6 Å². The maximum absolute atomic E-state index is 11.5. The van der Waals surface area contributed by atoms with Crippen LogP contribution < -0.4 is 0 Å². The molecule has 2 bridgehead atoms. The third-order valence-corrected chi connectivity index (χ3v) is 5.67. The lowest BCUT2D eigenvalue weighted by molar-refractivity contribution is 0.0170. The number of aromatic nitrogens is 2. The zero-order chi connectivity index (χ0) is 15.5. The number of carbonyl (C=O) groups excluding carboxylic acids is 1. The van der Waals surface area contributed by atoms with Crippen LogP contribution >= 0.6 is 0 Å². The molecule has 3 nitrogen and oxygen atoms in total. The van der Waals surface area contributed by atoms with Crippen molar-refractivity contribution in [3.8, 4) is 11.4 Å². The van der Waals surface area contributed by atoms with Gasteiger partial charge in [0.15, 0.2) is 5.78 Å². The predicted octanol–water partition coefficient (Wildman–Crippen LogP) is 4.03. The van der Waals surface area contributed by atoms with Crippen LogP contribution in [0.1, 0.15) is 54.9 Å². The number of rotatable bonds is 2. The number of hydrogen-bond donors (Lipinski definition) is 0. The van der Waals surface area contributed by atoms with Crippen molar-refractivity contribution in [2.45, 2.75) is 39.5 Å². The van der Waals surface area contributed by atoms with E-state index in [0.29, 0.717) is 17.0 Å². The Kier molecular flexibility index (Phi) is 2.77. The van der Waals surface area contributed by atoms with E-state index in [1.165, 1.54) is 17.7 Å². The van der Waals surface area contributed by atoms with Crippen molar-refractivity contribution in [2.75, 3.05) is 0 Å². The maximum atomic E-state index is 11.5. The number of Topliss-reactive ketones (excluding diaryl/α,β-unsaturated/α-hetero) is 1. The average Bonchev–Trinajstić information content (AvgIpc) is 2.53. The van der Waals surface area contributed by atoms with Gasteiger partial charge in [0.2, 0.25) is 0 Å². The second-order valence-corrected chi connectivity index (χ2v) is 7.21. The van der Waals surface area contributed by atoms with Crippen LogP contribution in [0.4, 0.5) is 0 Å². The number of pyridine rings is 2. The molecule has 3 aliphatic carbocycles. The number of carbonyl (C=O) groups is 1. The first-order chi connectivity index (χ1) is 10.5. The van der Waals surface area contributed by atoms with Crippen LogP contribution in [0.5, 0.6) is 0 Å². The molecule has 0 spiro atoms. The Labute approximate surface area is 130 Å². The molecule has 5 rings (SSSR count). The molecule has 1 fully saturated rings. The van der Waals surface area contributed by atoms with Crippen LogP contribution in [-0.2, 0) is 6.42 Å². The molecule has 0 unspecified atom stereocenters. The van der Waals surface area contributed by atoms with Crippen LogP contribution in [-0.4, -0.2) is 15.8 Å². The third-order valence-electron chi connectivity index (χ3n) is 5.67. The van der Waals surface area contributed by atoms with Crippen LogP contribution in [0, 0.1) is 11.3 Å². The van der Waals surface area contributed by atoms with Crippen molar-refractivity contribution in [3.63, 3.8) is 0 Å². The smallest absolute Gasteiger partial charge is 0.178 e. The van der Waals surface area contributed by atoms with Crippen molar-refractivity contribution in [1.82, 2.24) is 9.97 Å². The number of nitrogens with zero attached hydrogens (tertiary/aromatic N) is 2. The molecular formula is C19H20N2O. The largest absolute Gasteiger partial charge is 0.293 e. The van der Waals surface area contributed by atoms with E-state index in [1.54, 1.807) is 13.0 Å². The van der Waals surface area contributed by atoms with E-state index in [9.17, 15) is 4.79 Å². The lowest BCUT2D eigenvalue weighted by Gasteiger charge is -2.56. The van der Waals surface area contributed by atoms with E-state index in [0.717, 1.165) is 23.7 Å². The SMILES string of the molecule is CC(=O)c1cccc(-c2ccc3c(n2)C[C@H]2C[C@@H]3C2(C)C)n1. The third kappa shape index (κ3) is 1.84. The highest BCUT2D eigenvalue weighted by atomic mass is 16.1. The minimum atomic E-state index is -0.0113. The number of ketones is 1. The molecule has 0 amide bonds. The van der Waals surface area contributed by atoms with Crippen molar-refractivity contribution in [3.05, 3.63) is 47.3 Å². The fourth-order valence-corrected chi connectivity index (χ4v) is 4.03. The monoisotopic (exact) mass is 292 g/mol. The van der Waals surface area contributed by atoms with Crippen LogP contribution in [0.3, 0.4) is 0 Å². The van der Waals surface area contributed by atoms with Gasteiger partial charge in [-0.25, -0.2) is 4.98 Å². The molecule has 2 heterocycles. The summed E-state index contributed by atoms with van der Waals surface area (Å²) >= 11 is 0. The summed E-state index contributed by atoms with van der Waals surface area (Å²) in [4.78, 5) is 20.8. The fraction of sp³-hybridized carbons (Fsp3) is 0.421. The molecule has 1 saturated carbocycles. The Bertz CT molecular complexity index is 779. The fourth-order valence-electron chi connectivity index (χ4n) is 4.03. The van der Waals surface area contributed by atoms with Gasteiger partial charge in [0.25, 0.3) is 0 Å². The predicted molar refractivity (Wildman–Crippen MR) is 85.8 cm³/mol. The minimum Gasteiger partial charge on any atom is -0.293 e. The summed E-state index contributed by atoms with van der Waals surface area (Å²) in [5.41, 5.74) is 5.23. The molecule has 0 N–H and O–H groups in total. The molecule has 2 aromatic heterocycles. The van der Waals surface area contributed by atoms with Crippen molar-refractivity contribution < 1.29 is 4.79 Å². The molecule has 2 atom stereocenters. The minimum absolute atomic E-state index is 0.0113. The van der Waals surface area contributed by atoms with Gasteiger partial charge in [0.05, 0.1) is 11.4 Å². The summed E-state index contributed by atoms with van der Waals surface area (Å²) in [5, 5.41) is 0. The highest BCUT2D eigenvalue weighted by Crippen LogP contribution is 2.61. The highest BCUT2D eigenvalue weighted by molar-refractivity contribution is 5.92. The van der Waals surface area contributed by atoms with Gasteiger partial charge in [-0.1, -0.05) is 26.0 Å².